The maximum Gasteiger partial charge on any atom is 0.279 e. The fraction of sp³-hybridized carbons (Fsp3) is 0. The van der Waals surface area contributed by atoms with Crippen LogP contribution in [0.5, 0.6) is 0 Å². The van der Waals surface area contributed by atoms with E-state index in [1.807, 2.05) is 0 Å². The highest BCUT2D eigenvalue weighted by Gasteiger charge is 2.12. The highest BCUT2D eigenvalue weighted by molar-refractivity contribution is 6.30. The van der Waals surface area contributed by atoms with Crippen LogP contribution < -0.4 is 5.43 Å². The number of carbonyl (C=O) groups excluding carboxylic acids is 1. The van der Waals surface area contributed by atoms with Gasteiger partial charge in [0.25, 0.3) is 11.6 Å². The number of nitro benzene ring substituents is 1. The molecule has 1 amide bonds. The van der Waals surface area contributed by atoms with Crippen LogP contribution in [-0.2, 0) is 0 Å². The molecule has 0 spiro atoms. The van der Waals surface area contributed by atoms with Gasteiger partial charge in [0, 0.05) is 29.0 Å². The second kappa shape index (κ2) is 6.58. The summed E-state index contributed by atoms with van der Waals surface area (Å²) in [7, 11) is 0. The number of amides is 1. The summed E-state index contributed by atoms with van der Waals surface area (Å²) >= 11 is 5.70. The molecule has 1 aromatic heterocycles. The van der Waals surface area contributed by atoms with E-state index in [0.29, 0.717) is 5.56 Å². The minimum atomic E-state index is -0.572. The quantitative estimate of drug-likeness (QED) is 0.533. The fourth-order valence-corrected chi connectivity index (χ4v) is 1.68. The Balaban J connectivity index is 2.12. The standard InChI is InChI=1S/C13H9ClN4O3/c14-11-2-1-10(12(7-11)18(20)21)8-16-17-13(19)9-3-5-15-6-4-9/h1-8H,(H,17,19)/b16-8+. The molecule has 1 aromatic carbocycles. The van der Waals surface area contributed by atoms with Crippen molar-refractivity contribution in [2.24, 2.45) is 5.10 Å². The Labute approximate surface area is 124 Å². The lowest BCUT2D eigenvalue weighted by molar-refractivity contribution is -0.385. The number of pyridine rings is 1. The highest BCUT2D eigenvalue weighted by Crippen LogP contribution is 2.21. The molecule has 0 aliphatic carbocycles. The number of nitrogens with one attached hydrogen (secondary N) is 1. The summed E-state index contributed by atoms with van der Waals surface area (Å²) in [5.41, 5.74) is 2.70. The summed E-state index contributed by atoms with van der Waals surface area (Å²) in [6, 6.07) is 7.21. The minimum absolute atomic E-state index is 0.190. The van der Waals surface area contributed by atoms with Crippen LogP contribution in [0.4, 0.5) is 5.69 Å². The van der Waals surface area contributed by atoms with Crippen molar-refractivity contribution in [3.8, 4) is 0 Å². The largest absolute Gasteiger partial charge is 0.279 e. The van der Waals surface area contributed by atoms with Gasteiger partial charge < -0.3 is 0 Å². The lowest BCUT2D eigenvalue weighted by Crippen LogP contribution is -2.17. The SMILES string of the molecule is O=C(N/N=C/c1ccc(Cl)cc1[N+](=O)[O-])c1ccncc1. The first-order chi connectivity index (χ1) is 10.1. The minimum Gasteiger partial charge on any atom is -0.267 e. The molecule has 0 aliphatic rings. The zero-order valence-corrected chi connectivity index (χ0v) is 11.3. The molecule has 0 aliphatic heterocycles. The predicted octanol–water partition coefficient (Wildman–Crippen LogP) is 2.41. The third kappa shape index (κ3) is 3.83. The molecule has 0 bridgehead atoms. The van der Waals surface area contributed by atoms with Gasteiger partial charge in [-0.1, -0.05) is 11.6 Å². The first-order valence-electron chi connectivity index (χ1n) is 5.75. The van der Waals surface area contributed by atoms with Crippen LogP contribution in [0, 0.1) is 10.1 Å². The number of aromatic nitrogens is 1. The summed E-state index contributed by atoms with van der Waals surface area (Å²) in [6.45, 7) is 0. The number of hydrogen-bond donors (Lipinski definition) is 1. The van der Waals surface area contributed by atoms with Crippen LogP contribution in [0.2, 0.25) is 5.02 Å². The van der Waals surface area contributed by atoms with Crippen LogP contribution in [0.3, 0.4) is 0 Å². The van der Waals surface area contributed by atoms with Crippen molar-refractivity contribution in [2.75, 3.05) is 0 Å². The number of hydrogen-bond acceptors (Lipinski definition) is 5. The Bertz CT molecular complexity index is 704. The molecule has 8 heteroatoms. The van der Waals surface area contributed by atoms with Crippen molar-refractivity contribution in [1.29, 1.82) is 0 Å². The number of nitrogens with zero attached hydrogens (tertiary/aromatic N) is 3. The normalized spacial score (nSPS) is 10.5. The topological polar surface area (TPSA) is 97.5 Å². The van der Waals surface area contributed by atoms with E-state index in [-0.39, 0.29) is 16.3 Å². The van der Waals surface area contributed by atoms with E-state index in [2.05, 4.69) is 15.5 Å². The lowest BCUT2D eigenvalue weighted by Gasteiger charge is -2.00. The molecular formula is C13H9ClN4O3. The zero-order valence-electron chi connectivity index (χ0n) is 10.6. The fourth-order valence-electron chi connectivity index (χ4n) is 1.51. The van der Waals surface area contributed by atoms with Gasteiger partial charge in [-0.3, -0.25) is 19.9 Å². The molecule has 0 fully saturated rings. The van der Waals surface area contributed by atoms with Crippen LogP contribution >= 0.6 is 11.6 Å². The Morgan fingerprint density at radius 2 is 2.05 bits per heavy atom. The molecule has 7 nitrogen and oxygen atoms in total. The van der Waals surface area contributed by atoms with Gasteiger partial charge in [0.15, 0.2) is 0 Å². The Hall–Kier alpha value is -2.80. The number of hydrazone groups is 1. The van der Waals surface area contributed by atoms with Gasteiger partial charge in [-0.2, -0.15) is 5.10 Å². The summed E-state index contributed by atoms with van der Waals surface area (Å²) in [5.74, 6) is -0.440. The molecule has 0 saturated carbocycles. The van der Waals surface area contributed by atoms with Gasteiger partial charge >= 0.3 is 0 Å². The predicted molar refractivity (Wildman–Crippen MR) is 77.4 cm³/mol. The highest BCUT2D eigenvalue weighted by atomic mass is 35.5. The van der Waals surface area contributed by atoms with Gasteiger partial charge in [-0.05, 0) is 24.3 Å². The molecule has 2 aromatic rings. The molecule has 2 rings (SSSR count). The Morgan fingerprint density at radius 1 is 1.33 bits per heavy atom. The van der Waals surface area contributed by atoms with Crippen LogP contribution in [0.25, 0.3) is 0 Å². The third-order valence-electron chi connectivity index (χ3n) is 2.50. The van der Waals surface area contributed by atoms with Gasteiger partial charge in [0.2, 0.25) is 0 Å². The summed E-state index contributed by atoms with van der Waals surface area (Å²) < 4.78 is 0. The first-order valence-corrected chi connectivity index (χ1v) is 6.13. The number of nitro groups is 1. The van der Waals surface area contributed by atoms with Crippen molar-refractivity contribution < 1.29 is 9.72 Å². The Kier molecular flexibility index (Phi) is 4.57. The van der Waals surface area contributed by atoms with Crippen molar-refractivity contribution in [3.05, 3.63) is 69.0 Å². The molecule has 0 atom stereocenters. The maximum absolute atomic E-state index is 11.7. The van der Waals surface area contributed by atoms with E-state index in [9.17, 15) is 14.9 Å². The monoisotopic (exact) mass is 304 g/mol. The van der Waals surface area contributed by atoms with E-state index >= 15 is 0 Å². The molecule has 106 valence electrons. The number of halogens is 1. The molecule has 0 unspecified atom stereocenters. The van der Waals surface area contributed by atoms with Crippen LogP contribution in [-0.4, -0.2) is 22.0 Å². The van der Waals surface area contributed by atoms with E-state index in [0.717, 1.165) is 0 Å². The molecule has 0 saturated heterocycles. The molecule has 21 heavy (non-hydrogen) atoms. The number of benzene rings is 1. The average Bonchev–Trinajstić information content (AvgIpc) is 2.49. The second-order valence-corrected chi connectivity index (χ2v) is 4.33. The first kappa shape index (κ1) is 14.6. The molecular weight excluding hydrogens is 296 g/mol. The smallest absolute Gasteiger partial charge is 0.267 e. The van der Waals surface area contributed by atoms with Gasteiger partial charge in [0.1, 0.15) is 0 Å². The lowest BCUT2D eigenvalue weighted by atomic mass is 10.2. The van der Waals surface area contributed by atoms with Crippen molar-refractivity contribution in [1.82, 2.24) is 10.4 Å². The van der Waals surface area contributed by atoms with E-state index < -0.39 is 10.8 Å². The summed E-state index contributed by atoms with van der Waals surface area (Å²) in [5, 5.41) is 14.8. The van der Waals surface area contributed by atoms with Gasteiger partial charge in [-0.15, -0.1) is 0 Å². The zero-order chi connectivity index (χ0) is 15.2. The van der Waals surface area contributed by atoms with Gasteiger partial charge in [0.05, 0.1) is 16.7 Å². The second-order valence-electron chi connectivity index (χ2n) is 3.90. The summed E-state index contributed by atoms with van der Waals surface area (Å²) in [6.07, 6.45) is 4.14. The Morgan fingerprint density at radius 3 is 2.71 bits per heavy atom. The molecule has 0 radical (unpaired) electrons. The molecule has 1 heterocycles. The summed E-state index contributed by atoms with van der Waals surface area (Å²) in [4.78, 5) is 25.8. The van der Waals surface area contributed by atoms with Crippen molar-refractivity contribution >= 4 is 29.4 Å². The molecule has 1 N–H and O–H groups in total. The van der Waals surface area contributed by atoms with Gasteiger partial charge in [-0.25, -0.2) is 5.43 Å². The van der Waals surface area contributed by atoms with Crippen LogP contribution in [0.15, 0.2) is 47.8 Å². The number of rotatable bonds is 4. The average molecular weight is 305 g/mol. The van der Waals surface area contributed by atoms with E-state index in [1.54, 1.807) is 0 Å². The maximum atomic E-state index is 11.7. The number of carbonyl (C=O) groups is 1. The van der Waals surface area contributed by atoms with E-state index in [4.69, 9.17) is 11.6 Å². The van der Waals surface area contributed by atoms with E-state index in [1.165, 1.54) is 48.9 Å². The van der Waals surface area contributed by atoms with Crippen molar-refractivity contribution in [2.45, 2.75) is 0 Å². The third-order valence-corrected chi connectivity index (χ3v) is 2.74. The van der Waals surface area contributed by atoms with Crippen molar-refractivity contribution in [3.63, 3.8) is 0 Å². The van der Waals surface area contributed by atoms with Crippen LogP contribution in [0.1, 0.15) is 15.9 Å².